The Morgan fingerprint density at radius 1 is 1.20 bits per heavy atom. The number of halogens is 1. The number of hydrogen-bond acceptors (Lipinski definition) is 6. The second-order valence-electron chi connectivity index (χ2n) is 3.97. The molecule has 0 aliphatic rings. The van der Waals surface area contributed by atoms with Crippen LogP contribution in [0.25, 0.3) is 0 Å². The highest BCUT2D eigenvalue weighted by atomic mass is 35.7. The fourth-order valence-electron chi connectivity index (χ4n) is 1.55. The Bertz CT molecular complexity index is 718. The van der Waals surface area contributed by atoms with Crippen molar-refractivity contribution in [1.29, 1.82) is 0 Å². The molecule has 5 nitrogen and oxygen atoms in total. The van der Waals surface area contributed by atoms with Crippen LogP contribution in [0, 0.1) is 6.92 Å². The number of thioether (sulfide) groups is 1. The van der Waals surface area contributed by atoms with Crippen molar-refractivity contribution in [2.45, 2.75) is 17.0 Å². The lowest BCUT2D eigenvalue weighted by atomic mass is 10.3. The van der Waals surface area contributed by atoms with E-state index in [1.165, 1.54) is 23.9 Å². The number of aromatic nitrogens is 2. The largest absolute Gasteiger partial charge is 0.340 e. The fourth-order valence-corrected chi connectivity index (χ4v) is 2.74. The average Bonchev–Trinajstić information content (AvgIpc) is 2.37. The number of nitrogens with zero attached hydrogens (tertiary/aromatic N) is 2. The summed E-state index contributed by atoms with van der Waals surface area (Å²) in [5, 5.41) is 3.77. The molecule has 1 N–H and O–H groups in total. The van der Waals surface area contributed by atoms with Gasteiger partial charge in [-0.2, -0.15) is 0 Å². The maximum absolute atomic E-state index is 11.2. The van der Waals surface area contributed by atoms with Crippen LogP contribution in [0.4, 0.5) is 11.5 Å². The van der Waals surface area contributed by atoms with E-state index in [4.69, 9.17) is 10.7 Å². The van der Waals surface area contributed by atoms with E-state index in [1.807, 2.05) is 19.2 Å². The highest BCUT2D eigenvalue weighted by molar-refractivity contribution is 8.13. The number of anilines is 2. The van der Waals surface area contributed by atoms with Crippen molar-refractivity contribution in [3.8, 4) is 0 Å². The van der Waals surface area contributed by atoms with Crippen molar-refractivity contribution < 1.29 is 8.42 Å². The lowest BCUT2D eigenvalue weighted by molar-refractivity contribution is 0.609. The van der Waals surface area contributed by atoms with E-state index in [9.17, 15) is 8.42 Å². The highest BCUT2D eigenvalue weighted by Crippen LogP contribution is 2.21. The van der Waals surface area contributed by atoms with Crippen molar-refractivity contribution >= 4 is 43.0 Å². The van der Waals surface area contributed by atoms with Gasteiger partial charge >= 0.3 is 0 Å². The molecule has 0 aliphatic carbocycles. The molecule has 0 atom stereocenters. The van der Waals surface area contributed by atoms with Gasteiger partial charge in [0.2, 0.25) is 0 Å². The normalized spacial score (nSPS) is 11.3. The first-order valence-corrected chi connectivity index (χ1v) is 9.13. The van der Waals surface area contributed by atoms with Gasteiger partial charge in [-0.15, -0.1) is 0 Å². The maximum Gasteiger partial charge on any atom is 0.261 e. The molecule has 0 amide bonds. The van der Waals surface area contributed by atoms with Crippen LogP contribution in [0.1, 0.15) is 5.69 Å². The van der Waals surface area contributed by atoms with E-state index in [0.717, 1.165) is 11.4 Å². The van der Waals surface area contributed by atoms with Crippen LogP contribution >= 0.6 is 22.4 Å². The fraction of sp³-hybridized carbons (Fsp3) is 0.167. The summed E-state index contributed by atoms with van der Waals surface area (Å²) >= 11 is 1.45. The van der Waals surface area contributed by atoms with Crippen LogP contribution in [-0.2, 0) is 9.05 Å². The summed E-state index contributed by atoms with van der Waals surface area (Å²) in [7, 11) is 1.57. The molecule has 0 saturated heterocycles. The molecule has 1 aromatic heterocycles. The van der Waals surface area contributed by atoms with Gasteiger partial charge in [0, 0.05) is 28.1 Å². The van der Waals surface area contributed by atoms with Gasteiger partial charge in [-0.1, -0.05) is 11.8 Å². The van der Waals surface area contributed by atoms with Crippen molar-refractivity contribution in [3.63, 3.8) is 0 Å². The first-order valence-electron chi connectivity index (χ1n) is 5.60. The monoisotopic (exact) mass is 329 g/mol. The molecular weight excluding hydrogens is 318 g/mol. The van der Waals surface area contributed by atoms with Gasteiger partial charge in [0.1, 0.15) is 5.82 Å². The zero-order valence-electron chi connectivity index (χ0n) is 10.8. The molecule has 1 heterocycles. The Labute approximate surface area is 126 Å². The number of aryl methyl sites for hydroxylation is 1. The van der Waals surface area contributed by atoms with Crippen molar-refractivity contribution in [2.75, 3.05) is 11.6 Å². The van der Waals surface area contributed by atoms with Crippen LogP contribution in [0.5, 0.6) is 0 Å². The molecule has 2 aromatic rings. The number of rotatable bonds is 4. The van der Waals surface area contributed by atoms with Crippen molar-refractivity contribution in [3.05, 3.63) is 36.0 Å². The molecular formula is C12H12ClN3O2S2. The van der Waals surface area contributed by atoms with E-state index in [-0.39, 0.29) is 4.90 Å². The van der Waals surface area contributed by atoms with Crippen LogP contribution in [0.3, 0.4) is 0 Å². The first-order chi connectivity index (χ1) is 9.38. The third-order valence-electron chi connectivity index (χ3n) is 2.42. The van der Waals surface area contributed by atoms with Crippen molar-refractivity contribution in [1.82, 2.24) is 9.97 Å². The van der Waals surface area contributed by atoms with Crippen LogP contribution in [0.2, 0.25) is 0 Å². The molecule has 1 aromatic carbocycles. The Balaban J connectivity index is 2.24. The van der Waals surface area contributed by atoms with Gasteiger partial charge in [-0.05, 0) is 37.4 Å². The summed E-state index contributed by atoms with van der Waals surface area (Å²) in [6, 6.07) is 7.95. The number of benzene rings is 1. The van der Waals surface area contributed by atoms with E-state index in [1.54, 1.807) is 12.1 Å². The van der Waals surface area contributed by atoms with E-state index in [2.05, 4.69) is 15.3 Å². The zero-order chi connectivity index (χ0) is 14.8. The second-order valence-corrected chi connectivity index (χ2v) is 7.31. The molecule has 0 radical (unpaired) electrons. The van der Waals surface area contributed by atoms with Gasteiger partial charge in [0.25, 0.3) is 9.05 Å². The molecule has 0 fully saturated rings. The Morgan fingerprint density at radius 3 is 2.40 bits per heavy atom. The third kappa shape index (κ3) is 3.84. The van der Waals surface area contributed by atoms with E-state index in [0.29, 0.717) is 11.0 Å². The molecule has 2 rings (SSSR count). The molecule has 0 aliphatic heterocycles. The topological polar surface area (TPSA) is 72.0 Å². The SMILES string of the molecule is CSc1nc(C)cc(Nc2ccc(S(=O)(=O)Cl)cc2)n1. The smallest absolute Gasteiger partial charge is 0.261 e. The van der Waals surface area contributed by atoms with Gasteiger partial charge in [-0.25, -0.2) is 18.4 Å². The summed E-state index contributed by atoms with van der Waals surface area (Å²) < 4.78 is 22.3. The molecule has 0 saturated carbocycles. The van der Waals surface area contributed by atoms with E-state index >= 15 is 0 Å². The molecule has 8 heteroatoms. The number of nitrogens with one attached hydrogen (secondary N) is 1. The first kappa shape index (κ1) is 15.1. The molecule has 0 bridgehead atoms. The minimum atomic E-state index is -3.69. The third-order valence-corrected chi connectivity index (χ3v) is 4.34. The summed E-state index contributed by atoms with van der Waals surface area (Å²) in [4.78, 5) is 8.63. The van der Waals surface area contributed by atoms with E-state index < -0.39 is 9.05 Å². The predicted molar refractivity (Wildman–Crippen MR) is 81.3 cm³/mol. The summed E-state index contributed by atoms with van der Waals surface area (Å²) in [6.07, 6.45) is 1.90. The minimum Gasteiger partial charge on any atom is -0.340 e. The van der Waals surface area contributed by atoms with Gasteiger partial charge in [0.05, 0.1) is 4.90 Å². The highest BCUT2D eigenvalue weighted by Gasteiger charge is 2.09. The van der Waals surface area contributed by atoms with Crippen molar-refractivity contribution in [2.24, 2.45) is 0 Å². The lowest BCUT2D eigenvalue weighted by Gasteiger charge is -2.08. The Hall–Kier alpha value is -1.31. The van der Waals surface area contributed by atoms with Crippen LogP contribution in [0.15, 0.2) is 40.4 Å². The molecule has 0 unspecified atom stereocenters. The Kier molecular flexibility index (Phi) is 4.52. The Morgan fingerprint density at radius 2 is 1.85 bits per heavy atom. The minimum absolute atomic E-state index is 0.0633. The standard InChI is InChI=1S/C12H12ClN3O2S2/c1-8-7-11(16-12(14-8)19-2)15-9-3-5-10(6-4-9)20(13,17)18/h3-7H,1-2H3,(H,14,15,16). The lowest BCUT2D eigenvalue weighted by Crippen LogP contribution is -1.98. The summed E-state index contributed by atoms with van der Waals surface area (Å²) in [5.74, 6) is 0.656. The summed E-state index contributed by atoms with van der Waals surface area (Å²) in [5.41, 5.74) is 1.58. The van der Waals surface area contributed by atoms with Gasteiger partial charge in [-0.3, -0.25) is 0 Å². The zero-order valence-corrected chi connectivity index (χ0v) is 13.2. The van der Waals surface area contributed by atoms with Crippen LogP contribution < -0.4 is 5.32 Å². The maximum atomic E-state index is 11.2. The second kappa shape index (κ2) is 5.99. The van der Waals surface area contributed by atoms with Crippen LogP contribution in [-0.4, -0.2) is 24.6 Å². The molecule has 106 valence electrons. The molecule has 20 heavy (non-hydrogen) atoms. The predicted octanol–water partition coefficient (Wildman–Crippen LogP) is 3.18. The van der Waals surface area contributed by atoms with Gasteiger partial charge < -0.3 is 5.32 Å². The average molecular weight is 330 g/mol. The summed E-state index contributed by atoms with van der Waals surface area (Å²) in [6.45, 7) is 1.88. The molecule has 0 spiro atoms. The number of hydrogen-bond donors (Lipinski definition) is 1. The van der Waals surface area contributed by atoms with Gasteiger partial charge in [0.15, 0.2) is 5.16 Å². The quantitative estimate of drug-likeness (QED) is 0.527.